The number of likely N-dealkylation sites (N-methyl/N-ethyl adjacent to an activating group) is 1. The molecular weight excluding hydrogens is 302 g/mol. The maximum atomic E-state index is 11.9. The Bertz CT molecular complexity index is 679. The third-order valence-electron chi connectivity index (χ3n) is 3.26. The molecule has 2 rings (SSSR count). The number of anilines is 1. The fourth-order valence-electron chi connectivity index (χ4n) is 1.93. The number of carbonyl (C=O) groups is 1. The van der Waals surface area contributed by atoms with Crippen LogP contribution in [0, 0.1) is 10.1 Å². The van der Waals surface area contributed by atoms with E-state index >= 15 is 0 Å². The highest BCUT2D eigenvalue weighted by molar-refractivity contribution is 5.90. The van der Waals surface area contributed by atoms with E-state index in [-0.39, 0.29) is 30.0 Å². The van der Waals surface area contributed by atoms with Crippen LogP contribution in [0.3, 0.4) is 0 Å². The number of rotatable bonds is 7. The minimum atomic E-state index is -0.490. The first-order valence-electron chi connectivity index (χ1n) is 7.14. The molecule has 1 aromatic carbocycles. The van der Waals surface area contributed by atoms with Crippen molar-refractivity contribution >= 4 is 17.6 Å². The van der Waals surface area contributed by atoms with Crippen molar-refractivity contribution in [1.29, 1.82) is 0 Å². The maximum Gasteiger partial charge on any atom is 0.322 e. The minimum absolute atomic E-state index is 0.00416. The van der Waals surface area contributed by atoms with Crippen molar-refractivity contribution in [2.45, 2.75) is 13.8 Å². The van der Waals surface area contributed by atoms with Crippen molar-refractivity contribution in [2.24, 2.45) is 0 Å². The normalized spacial score (nSPS) is 10.7. The van der Waals surface area contributed by atoms with E-state index in [2.05, 4.69) is 15.5 Å². The molecule has 0 saturated carbocycles. The first kappa shape index (κ1) is 16.6. The highest BCUT2D eigenvalue weighted by Crippen LogP contribution is 2.22. The predicted molar refractivity (Wildman–Crippen MR) is 82.8 cm³/mol. The van der Waals surface area contributed by atoms with Crippen LogP contribution in [-0.2, 0) is 4.79 Å². The van der Waals surface area contributed by atoms with Crippen molar-refractivity contribution in [1.82, 2.24) is 15.1 Å². The van der Waals surface area contributed by atoms with Crippen LogP contribution in [0.1, 0.15) is 13.8 Å². The second-order valence-corrected chi connectivity index (χ2v) is 4.73. The number of nitrogens with one attached hydrogen (secondary N) is 1. The van der Waals surface area contributed by atoms with Crippen molar-refractivity contribution in [3.63, 3.8) is 0 Å². The standard InChI is InChI=1S/C14H17N5O4/c1-3-18(4-2)9-12(20)15-14-17-16-13(23-14)10-5-7-11(8-6-10)19(21)22/h5-8H,3-4,9H2,1-2H3,(H,15,17,20). The first-order valence-corrected chi connectivity index (χ1v) is 7.14. The van der Waals surface area contributed by atoms with Crippen molar-refractivity contribution in [2.75, 3.05) is 25.0 Å². The van der Waals surface area contributed by atoms with E-state index in [0.717, 1.165) is 13.1 Å². The largest absolute Gasteiger partial charge is 0.403 e. The number of non-ortho nitro benzene ring substituents is 1. The molecule has 0 spiro atoms. The molecule has 23 heavy (non-hydrogen) atoms. The summed E-state index contributed by atoms with van der Waals surface area (Å²) in [4.78, 5) is 23.9. The molecular formula is C14H17N5O4. The van der Waals surface area contributed by atoms with E-state index in [4.69, 9.17) is 4.42 Å². The monoisotopic (exact) mass is 319 g/mol. The maximum absolute atomic E-state index is 11.9. The van der Waals surface area contributed by atoms with Crippen LogP contribution in [0.5, 0.6) is 0 Å². The molecule has 9 heteroatoms. The highest BCUT2D eigenvalue weighted by Gasteiger charge is 2.14. The Morgan fingerprint density at radius 2 is 1.91 bits per heavy atom. The van der Waals surface area contributed by atoms with E-state index in [1.165, 1.54) is 24.3 Å². The number of hydrogen-bond acceptors (Lipinski definition) is 7. The van der Waals surface area contributed by atoms with Gasteiger partial charge in [0.25, 0.3) is 5.69 Å². The summed E-state index contributed by atoms with van der Waals surface area (Å²) in [6, 6.07) is 5.70. The SMILES string of the molecule is CCN(CC)CC(=O)Nc1nnc(-c2ccc([N+](=O)[O-])cc2)o1. The minimum Gasteiger partial charge on any atom is -0.403 e. The fraction of sp³-hybridized carbons (Fsp3) is 0.357. The zero-order valence-corrected chi connectivity index (χ0v) is 12.9. The Labute approximate surface area is 132 Å². The summed E-state index contributed by atoms with van der Waals surface area (Å²) < 4.78 is 5.35. The molecule has 0 saturated heterocycles. The van der Waals surface area contributed by atoms with Crippen molar-refractivity contribution < 1.29 is 14.1 Å². The number of amides is 1. The Balaban J connectivity index is 2.02. The van der Waals surface area contributed by atoms with Crippen LogP contribution in [0.2, 0.25) is 0 Å². The van der Waals surface area contributed by atoms with Gasteiger partial charge >= 0.3 is 6.01 Å². The number of nitrogens with zero attached hydrogens (tertiary/aromatic N) is 4. The quantitative estimate of drug-likeness (QED) is 0.612. The average molecular weight is 319 g/mol. The summed E-state index contributed by atoms with van der Waals surface area (Å²) in [5, 5.41) is 20.7. The second kappa shape index (κ2) is 7.45. The lowest BCUT2D eigenvalue weighted by Gasteiger charge is -2.16. The second-order valence-electron chi connectivity index (χ2n) is 4.73. The van der Waals surface area contributed by atoms with Crippen LogP contribution in [0.4, 0.5) is 11.7 Å². The van der Waals surface area contributed by atoms with Crippen molar-refractivity contribution in [3.8, 4) is 11.5 Å². The Morgan fingerprint density at radius 3 is 2.48 bits per heavy atom. The molecule has 0 aliphatic carbocycles. The molecule has 0 aliphatic heterocycles. The highest BCUT2D eigenvalue weighted by atomic mass is 16.6. The van der Waals surface area contributed by atoms with Gasteiger partial charge < -0.3 is 4.42 Å². The molecule has 1 aromatic heterocycles. The third-order valence-corrected chi connectivity index (χ3v) is 3.26. The zero-order chi connectivity index (χ0) is 16.8. The molecule has 9 nitrogen and oxygen atoms in total. The Morgan fingerprint density at radius 1 is 1.26 bits per heavy atom. The lowest BCUT2D eigenvalue weighted by atomic mass is 10.2. The van der Waals surface area contributed by atoms with Crippen molar-refractivity contribution in [3.05, 3.63) is 34.4 Å². The van der Waals surface area contributed by atoms with E-state index in [0.29, 0.717) is 5.56 Å². The fourth-order valence-corrected chi connectivity index (χ4v) is 1.93. The van der Waals surface area contributed by atoms with Gasteiger partial charge in [-0.25, -0.2) is 0 Å². The lowest BCUT2D eigenvalue weighted by Crippen LogP contribution is -2.32. The summed E-state index contributed by atoms with van der Waals surface area (Å²) in [5.74, 6) is -0.0642. The molecule has 0 fully saturated rings. The lowest BCUT2D eigenvalue weighted by molar-refractivity contribution is -0.384. The molecule has 0 unspecified atom stereocenters. The first-order chi connectivity index (χ1) is 11.0. The zero-order valence-electron chi connectivity index (χ0n) is 12.9. The number of nitro groups is 1. The van der Waals surface area contributed by atoms with Gasteiger partial charge in [-0.15, -0.1) is 5.10 Å². The van der Waals surface area contributed by atoms with Crippen LogP contribution in [0.15, 0.2) is 28.7 Å². The number of nitro benzene ring substituents is 1. The van der Waals surface area contributed by atoms with Gasteiger partial charge in [0.05, 0.1) is 11.5 Å². The summed E-state index contributed by atoms with van der Waals surface area (Å²) in [7, 11) is 0. The molecule has 0 bridgehead atoms. The van der Waals surface area contributed by atoms with Gasteiger partial charge in [0.15, 0.2) is 0 Å². The predicted octanol–water partition coefficient (Wildman–Crippen LogP) is 1.93. The Hall–Kier alpha value is -2.81. The number of carbonyl (C=O) groups excluding carboxylic acids is 1. The molecule has 0 atom stereocenters. The van der Waals surface area contributed by atoms with Gasteiger partial charge in [-0.1, -0.05) is 18.9 Å². The average Bonchev–Trinajstić information content (AvgIpc) is 3.01. The molecule has 1 N–H and O–H groups in total. The number of hydrogen-bond donors (Lipinski definition) is 1. The molecule has 0 radical (unpaired) electrons. The molecule has 1 heterocycles. The number of benzene rings is 1. The number of aromatic nitrogens is 2. The van der Waals surface area contributed by atoms with E-state index in [1.54, 1.807) is 0 Å². The van der Waals surface area contributed by atoms with Gasteiger partial charge in [-0.05, 0) is 25.2 Å². The topological polar surface area (TPSA) is 114 Å². The molecule has 1 amide bonds. The molecule has 2 aromatic rings. The van der Waals surface area contributed by atoms with Crippen LogP contribution in [-0.4, -0.2) is 45.6 Å². The van der Waals surface area contributed by atoms with Gasteiger partial charge in [-0.2, -0.15) is 0 Å². The van der Waals surface area contributed by atoms with E-state index < -0.39 is 4.92 Å². The van der Waals surface area contributed by atoms with Gasteiger partial charge in [0.1, 0.15) is 0 Å². The van der Waals surface area contributed by atoms with Crippen LogP contribution < -0.4 is 5.32 Å². The summed E-state index contributed by atoms with van der Waals surface area (Å²) >= 11 is 0. The van der Waals surface area contributed by atoms with Crippen LogP contribution in [0.25, 0.3) is 11.5 Å². The Kier molecular flexibility index (Phi) is 5.36. The van der Waals surface area contributed by atoms with Gasteiger partial charge in [-0.3, -0.25) is 25.1 Å². The van der Waals surface area contributed by atoms with E-state index in [9.17, 15) is 14.9 Å². The molecule has 122 valence electrons. The summed E-state index contributed by atoms with van der Waals surface area (Å²) in [6.07, 6.45) is 0. The summed E-state index contributed by atoms with van der Waals surface area (Å²) in [5.41, 5.74) is 0.508. The van der Waals surface area contributed by atoms with Gasteiger partial charge in [0.2, 0.25) is 11.8 Å². The third kappa shape index (κ3) is 4.33. The molecule has 0 aliphatic rings. The van der Waals surface area contributed by atoms with Gasteiger partial charge in [0, 0.05) is 17.7 Å². The van der Waals surface area contributed by atoms with E-state index in [1.807, 2.05) is 18.7 Å². The van der Waals surface area contributed by atoms with Crippen LogP contribution >= 0.6 is 0 Å². The summed E-state index contributed by atoms with van der Waals surface area (Å²) in [6.45, 7) is 5.71. The smallest absolute Gasteiger partial charge is 0.322 e.